The molecule has 1 saturated heterocycles. The van der Waals surface area contributed by atoms with Crippen LogP contribution in [-0.4, -0.2) is 38.4 Å². The third kappa shape index (κ3) is 2.41. The van der Waals surface area contributed by atoms with Gasteiger partial charge < -0.3 is 4.90 Å². The first kappa shape index (κ1) is 13.5. The number of aromatic nitrogens is 2. The van der Waals surface area contributed by atoms with Crippen LogP contribution in [0.25, 0.3) is 16.6 Å². The largest absolute Gasteiger partial charge is 0.370 e. The van der Waals surface area contributed by atoms with Crippen molar-refractivity contribution in [2.45, 2.75) is 0 Å². The fraction of sp³-hybridized carbons (Fsp3) is 0.235. The number of benzene rings is 1. The van der Waals surface area contributed by atoms with Crippen LogP contribution < -0.4 is 4.90 Å². The van der Waals surface area contributed by atoms with Crippen LogP contribution >= 0.6 is 0 Å². The van der Waals surface area contributed by atoms with Crippen molar-refractivity contribution in [1.29, 1.82) is 0 Å². The topological polar surface area (TPSA) is 37.6 Å². The minimum absolute atomic E-state index is 0.632. The van der Waals surface area contributed by atoms with Gasteiger partial charge in [-0.1, -0.05) is 18.2 Å². The van der Waals surface area contributed by atoms with Crippen molar-refractivity contribution in [1.82, 2.24) is 9.61 Å². The van der Waals surface area contributed by atoms with Crippen molar-refractivity contribution < 1.29 is 4.21 Å². The van der Waals surface area contributed by atoms with E-state index in [1.807, 2.05) is 29.0 Å². The predicted molar refractivity (Wildman–Crippen MR) is 90.7 cm³/mol. The zero-order valence-electron chi connectivity index (χ0n) is 12.2. The van der Waals surface area contributed by atoms with Crippen molar-refractivity contribution in [3.05, 3.63) is 54.9 Å². The summed E-state index contributed by atoms with van der Waals surface area (Å²) in [5.41, 5.74) is 4.64. The molecule has 4 rings (SSSR count). The number of anilines is 1. The monoisotopic (exact) mass is 311 g/mol. The molecule has 0 radical (unpaired) electrons. The van der Waals surface area contributed by atoms with Crippen LogP contribution in [0.3, 0.4) is 0 Å². The Morgan fingerprint density at radius 2 is 1.77 bits per heavy atom. The molecule has 0 saturated carbocycles. The summed E-state index contributed by atoms with van der Waals surface area (Å²) in [6.07, 6.45) is 3.87. The predicted octanol–water partition coefficient (Wildman–Crippen LogP) is 2.57. The van der Waals surface area contributed by atoms with Crippen LogP contribution in [0.4, 0.5) is 5.69 Å². The Hall–Kier alpha value is -2.14. The maximum absolute atomic E-state index is 11.4. The summed E-state index contributed by atoms with van der Waals surface area (Å²) in [5.74, 6) is 1.55. The molecule has 0 N–H and O–H groups in total. The van der Waals surface area contributed by atoms with E-state index >= 15 is 0 Å². The van der Waals surface area contributed by atoms with Crippen LogP contribution in [0.2, 0.25) is 0 Å². The quantitative estimate of drug-likeness (QED) is 0.730. The van der Waals surface area contributed by atoms with Crippen molar-refractivity contribution >= 4 is 22.0 Å². The second-order valence-electron chi connectivity index (χ2n) is 5.47. The Balaban J connectivity index is 1.63. The summed E-state index contributed by atoms with van der Waals surface area (Å²) in [6.45, 7) is 1.76. The molecular weight excluding hydrogens is 294 g/mol. The standard InChI is InChI=1S/C17H17N3OS/c21-22-11-9-19(10-12-22)15-6-4-14(5-7-15)16-13-18-20-8-2-1-3-17(16)20/h1-8,13H,9-12H2. The van der Waals surface area contributed by atoms with Crippen molar-refractivity contribution in [2.24, 2.45) is 0 Å². The number of fused-ring (bicyclic) bond motifs is 1. The molecule has 1 aliphatic rings. The lowest BCUT2D eigenvalue weighted by Crippen LogP contribution is -2.37. The van der Waals surface area contributed by atoms with E-state index in [4.69, 9.17) is 0 Å². The molecule has 5 heteroatoms. The van der Waals surface area contributed by atoms with E-state index in [2.05, 4.69) is 40.3 Å². The Labute approximate surface area is 131 Å². The summed E-state index contributed by atoms with van der Waals surface area (Å²) in [7, 11) is -0.632. The molecule has 3 heterocycles. The number of rotatable bonds is 2. The van der Waals surface area contributed by atoms with E-state index < -0.39 is 10.8 Å². The second-order valence-corrected chi connectivity index (χ2v) is 7.17. The molecule has 4 nitrogen and oxygen atoms in total. The first-order valence-corrected chi connectivity index (χ1v) is 8.93. The zero-order valence-corrected chi connectivity index (χ0v) is 13.0. The van der Waals surface area contributed by atoms with E-state index in [-0.39, 0.29) is 0 Å². The molecule has 0 unspecified atom stereocenters. The smallest absolute Gasteiger partial charge is 0.0740 e. The fourth-order valence-electron chi connectivity index (χ4n) is 2.90. The van der Waals surface area contributed by atoms with Gasteiger partial charge in [0.1, 0.15) is 0 Å². The van der Waals surface area contributed by atoms with Gasteiger partial charge in [0.25, 0.3) is 0 Å². The summed E-state index contributed by atoms with van der Waals surface area (Å²) in [5, 5.41) is 4.39. The molecule has 0 atom stereocenters. The average molecular weight is 311 g/mol. The highest BCUT2D eigenvalue weighted by Crippen LogP contribution is 2.27. The van der Waals surface area contributed by atoms with E-state index in [9.17, 15) is 4.21 Å². The van der Waals surface area contributed by atoms with Gasteiger partial charge in [-0.15, -0.1) is 0 Å². The molecule has 112 valence electrons. The van der Waals surface area contributed by atoms with Crippen molar-refractivity contribution in [3.63, 3.8) is 0 Å². The van der Waals surface area contributed by atoms with Crippen molar-refractivity contribution in [3.8, 4) is 11.1 Å². The van der Waals surface area contributed by atoms with Gasteiger partial charge >= 0.3 is 0 Å². The second kappa shape index (κ2) is 5.57. The number of pyridine rings is 1. The molecule has 0 amide bonds. The Bertz CT molecular complexity index is 815. The Kier molecular flexibility index (Phi) is 3.42. The molecule has 1 fully saturated rings. The number of hydrogen-bond donors (Lipinski definition) is 0. The lowest BCUT2D eigenvalue weighted by Gasteiger charge is -2.28. The first-order chi connectivity index (χ1) is 10.8. The van der Waals surface area contributed by atoms with Gasteiger partial charge in [0.05, 0.1) is 11.7 Å². The molecule has 1 aromatic carbocycles. The Morgan fingerprint density at radius 1 is 1.00 bits per heavy atom. The van der Waals surface area contributed by atoms with Gasteiger partial charge in [0.15, 0.2) is 0 Å². The molecule has 0 spiro atoms. The van der Waals surface area contributed by atoms with Gasteiger partial charge in [-0.3, -0.25) is 4.21 Å². The maximum atomic E-state index is 11.4. The third-order valence-electron chi connectivity index (χ3n) is 4.15. The molecule has 2 aromatic heterocycles. The van der Waals surface area contributed by atoms with Crippen LogP contribution in [0.1, 0.15) is 0 Å². The summed E-state index contributed by atoms with van der Waals surface area (Å²) < 4.78 is 13.3. The maximum Gasteiger partial charge on any atom is 0.0740 e. The zero-order chi connectivity index (χ0) is 14.9. The van der Waals surface area contributed by atoms with Gasteiger partial charge in [-0.05, 0) is 29.8 Å². The molecule has 3 aromatic rings. The molecule has 22 heavy (non-hydrogen) atoms. The van der Waals surface area contributed by atoms with E-state index in [1.54, 1.807) is 0 Å². The molecule has 0 aliphatic carbocycles. The van der Waals surface area contributed by atoms with Crippen LogP contribution in [-0.2, 0) is 10.8 Å². The highest BCUT2D eigenvalue weighted by molar-refractivity contribution is 7.85. The highest BCUT2D eigenvalue weighted by Gasteiger charge is 2.15. The number of nitrogens with zero attached hydrogens (tertiary/aromatic N) is 3. The van der Waals surface area contributed by atoms with E-state index in [1.165, 1.54) is 11.3 Å². The van der Waals surface area contributed by atoms with Gasteiger partial charge in [0.2, 0.25) is 0 Å². The molecule has 1 aliphatic heterocycles. The lowest BCUT2D eigenvalue weighted by molar-refractivity contribution is 0.673. The normalized spacial score (nSPS) is 16.3. The lowest BCUT2D eigenvalue weighted by atomic mass is 10.1. The first-order valence-electron chi connectivity index (χ1n) is 7.44. The SMILES string of the molecule is O=S1CCN(c2ccc(-c3cnn4ccccc34)cc2)CC1. The van der Waals surface area contributed by atoms with Gasteiger partial charge in [-0.25, -0.2) is 4.52 Å². The van der Waals surface area contributed by atoms with Crippen LogP contribution in [0, 0.1) is 0 Å². The summed E-state index contributed by atoms with van der Waals surface area (Å²) in [6, 6.07) is 14.7. The minimum Gasteiger partial charge on any atom is -0.370 e. The molecule has 0 bridgehead atoms. The highest BCUT2D eigenvalue weighted by atomic mass is 32.2. The minimum atomic E-state index is -0.632. The summed E-state index contributed by atoms with van der Waals surface area (Å²) >= 11 is 0. The van der Waals surface area contributed by atoms with Crippen LogP contribution in [0.15, 0.2) is 54.9 Å². The van der Waals surface area contributed by atoms with Gasteiger partial charge in [-0.2, -0.15) is 5.10 Å². The third-order valence-corrected chi connectivity index (χ3v) is 5.42. The molecular formula is C17H17N3OS. The van der Waals surface area contributed by atoms with Crippen LogP contribution in [0.5, 0.6) is 0 Å². The summed E-state index contributed by atoms with van der Waals surface area (Å²) in [4.78, 5) is 2.31. The van der Waals surface area contributed by atoms with E-state index in [0.29, 0.717) is 0 Å². The van der Waals surface area contributed by atoms with Gasteiger partial charge in [0, 0.05) is 52.8 Å². The van der Waals surface area contributed by atoms with Crippen molar-refractivity contribution in [2.75, 3.05) is 29.5 Å². The average Bonchev–Trinajstić information content (AvgIpc) is 3.00. The Morgan fingerprint density at radius 3 is 2.55 bits per heavy atom. The van der Waals surface area contributed by atoms with E-state index in [0.717, 1.165) is 35.7 Å². The fourth-order valence-corrected chi connectivity index (χ4v) is 3.96. The number of hydrogen-bond acceptors (Lipinski definition) is 3.